The molecule has 0 spiro atoms. The van der Waals surface area contributed by atoms with Gasteiger partial charge in [0, 0.05) is 18.8 Å². The normalized spacial score (nSPS) is 25.0. The number of rotatable bonds is 3. The number of ether oxygens (including phenoxy) is 1. The summed E-state index contributed by atoms with van der Waals surface area (Å²) < 4.78 is 4.92. The van der Waals surface area contributed by atoms with Gasteiger partial charge in [0.2, 0.25) is 0 Å². The number of esters is 1. The summed E-state index contributed by atoms with van der Waals surface area (Å²) in [5.41, 5.74) is -0.238. The van der Waals surface area contributed by atoms with Crippen molar-refractivity contribution in [2.24, 2.45) is 11.3 Å². The first-order chi connectivity index (χ1) is 6.94. The summed E-state index contributed by atoms with van der Waals surface area (Å²) >= 11 is 0. The molecule has 0 amide bonds. The average molecular weight is 212 g/mol. The van der Waals surface area contributed by atoms with E-state index in [1.807, 2.05) is 13.8 Å². The van der Waals surface area contributed by atoms with Crippen LogP contribution in [0.25, 0.3) is 0 Å². The highest BCUT2D eigenvalue weighted by Crippen LogP contribution is 2.39. The fraction of sp³-hybridized carbons (Fsp3) is 0.833. The molecule has 0 aromatic carbocycles. The number of carbonyl (C=O) groups is 2. The van der Waals surface area contributed by atoms with Crippen molar-refractivity contribution in [3.63, 3.8) is 0 Å². The molecule has 0 saturated heterocycles. The van der Waals surface area contributed by atoms with E-state index in [2.05, 4.69) is 0 Å². The van der Waals surface area contributed by atoms with Crippen molar-refractivity contribution in [3.05, 3.63) is 0 Å². The van der Waals surface area contributed by atoms with Crippen LogP contribution in [-0.2, 0) is 14.3 Å². The third-order valence-electron chi connectivity index (χ3n) is 3.47. The molecule has 0 aromatic rings. The SMILES string of the molecule is CC(=O)OCC[C@@H]1CCCC(=O)C1(C)C. The van der Waals surface area contributed by atoms with Gasteiger partial charge in [-0.3, -0.25) is 9.59 Å². The first-order valence-corrected chi connectivity index (χ1v) is 5.61. The summed E-state index contributed by atoms with van der Waals surface area (Å²) in [6.07, 6.45) is 3.56. The standard InChI is InChI=1S/C12H20O3/c1-9(13)15-8-7-10-5-4-6-11(14)12(10,2)3/h10H,4-8H2,1-3H3/t10-/m0/s1. The highest BCUT2D eigenvalue weighted by molar-refractivity contribution is 5.85. The fourth-order valence-corrected chi connectivity index (χ4v) is 2.27. The van der Waals surface area contributed by atoms with E-state index in [-0.39, 0.29) is 11.4 Å². The summed E-state index contributed by atoms with van der Waals surface area (Å²) in [5.74, 6) is 0.467. The molecule has 1 aliphatic rings. The van der Waals surface area contributed by atoms with Crippen LogP contribution >= 0.6 is 0 Å². The predicted molar refractivity (Wildman–Crippen MR) is 57.4 cm³/mol. The lowest BCUT2D eigenvalue weighted by Gasteiger charge is -2.37. The molecule has 3 heteroatoms. The van der Waals surface area contributed by atoms with E-state index in [0.717, 1.165) is 19.3 Å². The molecular weight excluding hydrogens is 192 g/mol. The minimum atomic E-state index is -0.241. The molecule has 0 aromatic heterocycles. The first-order valence-electron chi connectivity index (χ1n) is 5.61. The van der Waals surface area contributed by atoms with E-state index in [9.17, 15) is 9.59 Å². The molecule has 1 saturated carbocycles. The van der Waals surface area contributed by atoms with Gasteiger partial charge in [-0.1, -0.05) is 13.8 Å². The van der Waals surface area contributed by atoms with Gasteiger partial charge < -0.3 is 4.74 Å². The summed E-state index contributed by atoms with van der Waals surface area (Å²) in [7, 11) is 0. The zero-order chi connectivity index (χ0) is 11.5. The van der Waals surface area contributed by atoms with Gasteiger partial charge in [0.05, 0.1) is 6.61 Å². The van der Waals surface area contributed by atoms with E-state index < -0.39 is 0 Å². The Morgan fingerprint density at radius 3 is 2.80 bits per heavy atom. The Morgan fingerprint density at radius 2 is 2.20 bits per heavy atom. The molecule has 1 atom stereocenters. The third kappa shape index (κ3) is 3.05. The summed E-state index contributed by atoms with van der Waals surface area (Å²) in [5, 5.41) is 0. The molecule has 86 valence electrons. The summed E-state index contributed by atoms with van der Waals surface area (Å²) in [4.78, 5) is 22.3. The Labute approximate surface area is 91.2 Å². The number of Topliss-reactive ketones (excluding diaryl/α,β-unsaturated/α-hetero) is 1. The minimum absolute atomic E-state index is 0.238. The van der Waals surface area contributed by atoms with E-state index >= 15 is 0 Å². The molecule has 3 nitrogen and oxygen atoms in total. The highest BCUT2D eigenvalue weighted by Gasteiger charge is 2.38. The molecule has 0 bridgehead atoms. The minimum Gasteiger partial charge on any atom is -0.466 e. The van der Waals surface area contributed by atoms with Gasteiger partial charge >= 0.3 is 5.97 Å². The van der Waals surface area contributed by atoms with Crippen LogP contribution in [0, 0.1) is 11.3 Å². The number of ketones is 1. The maximum atomic E-state index is 11.7. The second-order valence-corrected chi connectivity index (χ2v) is 4.86. The van der Waals surface area contributed by atoms with Gasteiger partial charge in [-0.25, -0.2) is 0 Å². The topological polar surface area (TPSA) is 43.4 Å². The van der Waals surface area contributed by atoms with Crippen LogP contribution in [0.5, 0.6) is 0 Å². The lowest BCUT2D eigenvalue weighted by Crippen LogP contribution is -2.37. The lowest BCUT2D eigenvalue weighted by atomic mass is 9.67. The van der Waals surface area contributed by atoms with Gasteiger partial charge in [-0.2, -0.15) is 0 Å². The smallest absolute Gasteiger partial charge is 0.302 e. The molecule has 1 rings (SSSR count). The molecule has 0 aliphatic heterocycles. The Balaban J connectivity index is 2.45. The van der Waals surface area contributed by atoms with Crippen LogP contribution in [0.2, 0.25) is 0 Å². The summed E-state index contributed by atoms with van der Waals surface area (Å²) in [6, 6.07) is 0. The molecular formula is C12H20O3. The number of carbonyl (C=O) groups excluding carboxylic acids is 2. The third-order valence-corrected chi connectivity index (χ3v) is 3.47. The molecule has 0 heterocycles. The average Bonchev–Trinajstić information content (AvgIpc) is 2.12. The van der Waals surface area contributed by atoms with Crippen LogP contribution < -0.4 is 0 Å². The number of hydrogen-bond acceptors (Lipinski definition) is 3. The zero-order valence-electron chi connectivity index (χ0n) is 9.84. The van der Waals surface area contributed by atoms with E-state index in [4.69, 9.17) is 4.74 Å². The second kappa shape index (κ2) is 4.77. The first kappa shape index (κ1) is 12.2. The Morgan fingerprint density at radius 1 is 1.53 bits per heavy atom. The van der Waals surface area contributed by atoms with Crippen molar-refractivity contribution in [2.75, 3.05) is 6.61 Å². The Hall–Kier alpha value is -0.860. The largest absolute Gasteiger partial charge is 0.466 e. The van der Waals surface area contributed by atoms with Crippen molar-refractivity contribution in [2.45, 2.75) is 46.5 Å². The van der Waals surface area contributed by atoms with Crippen molar-refractivity contribution in [1.29, 1.82) is 0 Å². The van der Waals surface area contributed by atoms with E-state index in [1.165, 1.54) is 6.92 Å². The maximum Gasteiger partial charge on any atom is 0.302 e. The van der Waals surface area contributed by atoms with Crippen molar-refractivity contribution < 1.29 is 14.3 Å². The van der Waals surface area contributed by atoms with Crippen LogP contribution in [-0.4, -0.2) is 18.4 Å². The molecule has 15 heavy (non-hydrogen) atoms. The Bertz CT molecular complexity index is 256. The van der Waals surface area contributed by atoms with Crippen LogP contribution in [0.4, 0.5) is 0 Å². The predicted octanol–water partition coefficient (Wildman–Crippen LogP) is 2.33. The molecule has 0 N–H and O–H groups in total. The fourth-order valence-electron chi connectivity index (χ4n) is 2.27. The Kier molecular flexibility index (Phi) is 3.89. The van der Waals surface area contributed by atoms with Gasteiger partial charge in [0.1, 0.15) is 5.78 Å². The molecule has 1 fully saturated rings. The molecule has 1 aliphatic carbocycles. The molecule has 0 radical (unpaired) electrons. The maximum absolute atomic E-state index is 11.7. The van der Waals surface area contributed by atoms with Crippen LogP contribution in [0.15, 0.2) is 0 Å². The second-order valence-electron chi connectivity index (χ2n) is 4.86. The van der Waals surface area contributed by atoms with Gasteiger partial charge in [0.15, 0.2) is 0 Å². The van der Waals surface area contributed by atoms with E-state index in [0.29, 0.717) is 24.7 Å². The highest BCUT2D eigenvalue weighted by atomic mass is 16.5. The van der Waals surface area contributed by atoms with Crippen LogP contribution in [0.1, 0.15) is 46.5 Å². The quantitative estimate of drug-likeness (QED) is 0.674. The van der Waals surface area contributed by atoms with Crippen molar-refractivity contribution >= 4 is 11.8 Å². The van der Waals surface area contributed by atoms with Gasteiger partial charge in [-0.15, -0.1) is 0 Å². The zero-order valence-corrected chi connectivity index (χ0v) is 9.84. The van der Waals surface area contributed by atoms with Crippen molar-refractivity contribution in [1.82, 2.24) is 0 Å². The van der Waals surface area contributed by atoms with Gasteiger partial charge in [-0.05, 0) is 25.2 Å². The van der Waals surface area contributed by atoms with Gasteiger partial charge in [0.25, 0.3) is 0 Å². The monoisotopic (exact) mass is 212 g/mol. The molecule has 0 unspecified atom stereocenters. The van der Waals surface area contributed by atoms with Crippen LogP contribution in [0.3, 0.4) is 0 Å². The lowest BCUT2D eigenvalue weighted by molar-refractivity contribution is -0.142. The van der Waals surface area contributed by atoms with E-state index in [1.54, 1.807) is 0 Å². The van der Waals surface area contributed by atoms with Crippen molar-refractivity contribution in [3.8, 4) is 0 Å². The summed E-state index contributed by atoms with van der Waals surface area (Å²) in [6.45, 7) is 5.87. The number of hydrogen-bond donors (Lipinski definition) is 0.